The first-order valence-corrected chi connectivity index (χ1v) is 11.2. The van der Waals surface area contributed by atoms with Gasteiger partial charge in [0, 0.05) is 61.1 Å². The number of nitrogens with one attached hydrogen (secondary N) is 1. The molecule has 0 radical (unpaired) electrons. The van der Waals surface area contributed by atoms with Gasteiger partial charge in [-0.3, -0.25) is 4.90 Å². The summed E-state index contributed by atoms with van der Waals surface area (Å²) in [4.78, 5) is 11.6. The van der Waals surface area contributed by atoms with Gasteiger partial charge in [-0.05, 0) is 43.9 Å². The van der Waals surface area contributed by atoms with E-state index in [0.29, 0.717) is 18.0 Å². The molecule has 0 aromatic carbocycles. The number of rotatable bonds is 4. The minimum absolute atomic E-state index is 0.438. The van der Waals surface area contributed by atoms with Gasteiger partial charge in [-0.25, -0.2) is 14.5 Å². The number of morpholine rings is 1. The molecule has 0 spiro atoms. The molecule has 2 aliphatic rings. The molecule has 8 heteroatoms. The Labute approximate surface area is 180 Å². The van der Waals surface area contributed by atoms with Crippen molar-refractivity contribution in [1.29, 1.82) is 0 Å². The van der Waals surface area contributed by atoms with E-state index in [9.17, 15) is 0 Å². The molecule has 1 aliphatic carbocycles. The average Bonchev–Trinajstić information content (AvgIpc) is 3.46. The summed E-state index contributed by atoms with van der Waals surface area (Å²) in [5.41, 5.74) is 4.19. The fraction of sp³-hybridized carbons (Fsp3) is 0.435. The van der Waals surface area contributed by atoms with Gasteiger partial charge in [0.1, 0.15) is 5.65 Å². The number of pyridine rings is 1. The van der Waals surface area contributed by atoms with Crippen molar-refractivity contribution in [3.63, 3.8) is 0 Å². The van der Waals surface area contributed by atoms with E-state index in [2.05, 4.69) is 38.5 Å². The molecular formula is C23H27N7O. The Morgan fingerprint density at radius 2 is 1.84 bits per heavy atom. The average molecular weight is 418 g/mol. The highest BCUT2D eigenvalue weighted by molar-refractivity contribution is 5.80. The van der Waals surface area contributed by atoms with Gasteiger partial charge >= 0.3 is 0 Å². The Hall–Kier alpha value is -2.97. The third-order valence-electron chi connectivity index (χ3n) is 6.71. The quantitative estimate of drug-likeness (QED) is 0.550. The summed E-state index contributed by atoms with van der Waals surface area (Å²) in [6.45, 7) is 3.90. The van der Waals surface area contributed by atoms with Crippen LogP contribution in [0.25, 0.3) is 22.3 Å². The zero-order chi connectivity index (χ0) is 20.6. The fourth-order valence-corrected chi connectivity index (χ4v) is 5.00. The van der Waals surface area contributed by atoms with E-state index < -0.39 is 0 Å². The van der Waals surface area contributed by atoms with Crippen molar-refractivity contribution in [1.82, 2.24) is 28.9 Å². The predicted molar refractivity (Wildman–Crippen MR) is 119 cm³/mol. The van der Waals surface area contributed by atoms with Crippen molar-refractivity contribution >= 4 is 17.1 Å². The zero-order valence-electron chi connectivity index (χ0n) is 17.5. The Bertz CT molecular complexity index is 1190. The highest BCUT2D eigenvalue weighted by Crippen LogP contribution is 2.27. The molecule has 2 fully saturated rings. The minimum atomic E-state index is 0.438. The fourth-order valence-electron chi connectivity index (χ4n) is 5.00. The van der Waals surface area contributed by atoms with Crippen molar-refractivity contribution in [2.45, 2.75) is 37.8 Å². The topological polar surface area (TPSA) is 72.0 Å². The Kier molecular flexibility index (Phi) is 4.81. The van der Waals surface area contributed by atoms with Crippen LogP contribution in [-0.4, -0.2) is 67.3 Å². The lowest BCUT2D eigenvalue weighted by atomic mass is 9.90. The zero-order valence-corrected chi connectivity index (χ0v) is 17.5. The predicted octanol–water partition coefficient (Wildman–Crippen LogP) is 3.10. The summed E-state index contributed by atoms with van der Waals surface area (Å²) in [5.74, 6) is 0.703. The van der Waals surface area contributed by atoms with E-state index in [4.69, 9.17) is 9.84 Å². The molecule has 1 saturated heterocycles. The van der Waals surface area contributed by atoms with Gasteiger partial charge in [0.15, 0.2) is 0 Å². The van der Waals surface area contributed by atoms with Gasteiger partial charge in [0.25, 0.3) is 0 Å². The van der Waals surface area contributed by atoms with Crippen molar-refractivity contribution < 1.29 is 4.74 Å². The summed E-state index contributed by atoms with van der Waals surface area (Å²) in [7, 11) is 0. The SMILES string of the molecule is c1cn2cc(-c3ccn4nc(N[C@H]5CC[C@H](N6CCOCC6)CC5)ncc34)ccc2n1. The third kappa shape index (κ3) is 3.66. The third-order valence-corrected chi connectivity index (χ3v) is 6.71. The second kappa shape index (κ2) is 7.94. The molecule has 31 heavy (non-hydrogen) atoms. The number of hydrogen-bond donors (Lipinski definition) is 1. The van der Waals surface area contributed by atoms with Crippen LogP contribution in [-0.2, 0) is 4.74 Å². The lowest BCUT2D eigenvalue weighted by Gasteiger charge is -2.38. The maximum atomic E-state index is 5.49. The lowest BCUT2D eigenvalue weighted by molar-refractivity contribution is 0.00790. The molecule has 6 rings (SSSR count). The van der Waals surface area contributed by atoms with Crippen LogP contribution >= 0.6 is 0 Å². The van der Waals surface area contributed by atoms with Gasteiger partial charge in [0.2, 0.25) is 5.95 Å². The van der Waals surface area contributed by atoms with E-state index in [1.54, 1.807) is 0 Å². The van der Waals surface area contributed by atoms with Crippen LogP contribution in [0.3, 0.4) is 0 Å². The molecule has 0 bridgehead atoms. The standard InChI is InChI=1S/C23H27N7O/c1-6-22-24-8-10-29(22)16-17(1)20-7-9-30-21(20)15-25-23(27-30)26-18-2-4-19(5-3-18)28-11-13-31-14-12-28/h1,6-10,15-16,18-19H,2-5,11-14H2,(H,26,27)/t18-,19-. The highest BCUT2D eigenvalue weighted by atomic mass is 16.5. The van der Waals surface area contributed by atoms with E-state index >= 15 is 0 Å². The molecule has 0 amide bonds. The number of fused-ring (bicyclic) bond motifs is 2. The van der Waals surface area contributed by atoms with Crippen LogP contribution in [0.15, 0.2) is 49.2 Å². The largest absolute Gasteiger partial charge is 0.379 e. The Morgan fingerprint density at radius 1 is 0.968 bits per heavy atom. The minimum Gasteiger partial charge on any atom is -0.379 e. The molecule has 0 atom stereocenters. The summed E-state index contributed by atoms with van der Waals surface area (Å²) >= 11 is 0. The number of hydrogen-bond acceptors (Lipinski definition) is 6. The van der Waals surface area contributed by atoms with Crippen LogP contribution < -0.4 is 5.32 Å². The number of imidazole rings is 1. The van der Waals surface area contributed by atoms with Gasteiger partial charge in [-0.15, -0.1) is 5.10 Å². The molecule has 160 valence electrons. The molecule has 1 N–H and O–H groups in total. The summed E-state index contributed by atoms with van der Waals surface area (Å²) in [6.07, 6.45) is 14.6. The van der Waals surface area contributed by atoms with E-state index in [-0.39, 0.29) is 0 Å². The van der Waals surface area contributed by atoms with E-state index in [1.807, 2.05) is 39.8 Å². The molecule has 0 unspecified atom stereocenters. The molecule has 5 heterocycles. The van der Waals surface area contributed by atoms with Gasteiger partial charge in [-0.1, -0.05) is 0 Å². The Morgan fingerprint density at radius 3 is 2.71 bits per heavy atom. The monoisotopic (exact) mass is 417 g/mol. The Balaban J connectivity index is 1.15. The smallest absolute Gasteiger partial charge is 0.241 e. The first-order valence-electron chi connectivity index (χ1n) is 11.2. The number of nitrogens with zero attached hydrogens (tertiary/aromatic N) is 6. The first kappa shape index (κ1) is 18.8. The van der Waals surface area contributed by atoms with E-state index in [0.717, 1.165) is 61.4 Å². The molecule has 8 nitrogen and oxygen atoms in total. The normalized spacial score (nSPS) is 22.8. The van der Waals surface area contributed by atoms with E-state index in [1.165, 1.54) is 12.8 Å². The maximum absolute atomic E-state index is 5.49. The molecule has 1 aliphatic heterocycles. The van der Waals surface area contributed by atoms with Gasteiger partial charge in [-0.2, -0.15) is 0 Å². The molecule has 4 aromatic heterocycles. The van der Waals surface area contributed by atoms with Crippen LogP contribution in [0, 0.1) is 0 Å². The summed E-state index contributed by atoms with van der Waals surface area (Å²) in [6, 6.07) is 7.36. The summed E-state index contributed by atoms with van der Waals surface area (Å²) in [5, 5.41) is 8.29. The number of anilines is 1. The van der Waals surface area contributed by atoms with Crippen molar-refractivity contribution in [2.24, 2.45) is 0 Å². The second-order valence-corrected chi connectivity index (χ2v) is 8.55. The molecular weight excluding hydrogens is 390 g/mol. The summed E-state index contributed by atoms with van der Waals surface area (Å²) < 4.78 is 9.44. The highest BCUT2D eigenvalue weighted by Gasteiger charge is 2.27. The van der Waals surface area contributed by atoms with Crippen LogP contribution in [0.1, 0.15) is 25.7 Å². The molecule has 1 saturated carbocycles. The first-order chi connectivity index (χ1) is 15.3. The van der Waals surface area contributed by atoms with Crippen molar-refractivity contribution in [3.05, 3.63) is 49.2 Å². The lowest BCUT2D eigenvalue weighted by Crippen LogP contribution is -2.46. The van der Waals surface area contributed by atoms with Crippen LogP contribution in [0.5, 0.6) is 0 Å². The number of aromatic nitrogens is 5. The van der Waals surface area contributed by atoms with Gasteiger partial charge in [0.05, 0.1) is 24.9 Å². The number of ether oxygens (including phenoxy) is 1. The van der Waals surface area contributed by atoms with Crippen molar-refractivity contribution in [2.75, 3.05) is 31.6 Å². The van der Waals surface area contributed by atoms with Crippen LogP contribution in [0.4, 0.5) is 5.95 Å². The van der Waals surface area contributed by atoms with Crippen molar-refractivity contribution in [3.8, 4) is 11.1 Å². The van der Waals surface area contributed by atoms with Gasteiger partial charge < -0.3 is 14.5 Å². The second-order valence-electron chi connectivity index (χ2n) is 8.55. The molecule has 4 aromatic rings. The maximum Gasteiger partial charge on any atom is 0.241 e. The van der Waals surface area contributed by atoms with Crippen LogP contribution in [0.2, 0.25) is 0 Å².